The summed E-state index contributed by atoms with van der Waals surface area (Å²) in [6.45, 7) is 2.16. The molecule has 0 aromatic heterocycles. The molecule has 1 aliphatic rings. The third-order valence-electron chi connectivity index (χ3n) is 3.95. The van der Waals surface area contributed by atoms with Gasteiger partial charge in [-0.2, -0.15) is 0 Å². The number of rotatable bonds is 5. The average molecular weight is 391 g/mol. The van der Waals surface area contributed by atoms with Gasteiger partial charge in [0.05, 0.1) is 12.1 Å². The number of anilines is 2. The SMILES string of the molecule is COc1ccc(NC(=O)CN(C(C)=O)c2ccc3c(c2)OCCO3)cc1Cl. The zero-order valence-electron chi connectivity index (χ0n) is 15.0. The summed E-state index contributed by atoms with van der Waals surface area (Å²) >= 11 is 6.07. The van der Waals surface area contributed by atoms with Gasteiger partial charge in [0.2, 0.25) is 11.8 Å². The number of ether oxygens (including phenoxy) is 3. The van der Waals surface area contributed by atoms with Crippen LogP contribution in [0, 0.1) is 0 Å². The first-order valence-electron chi connectivity index (χ1n) is 8.29. The molecule has 0 spiro atoms. The maximum Gasteiger partial charge on any atom is 0.244 e. The molecule has 1 N–H and O–H groups in total. The molecule has 8 heteroatoms. The standard InChI is InChI=1S/C19H19ClN2O5/c1-12(23)22(14-4-6-17-18(10-14)27-8-7-26-17)11-19(24)21-13-3-5-16(25-2)15(20)9-13/h3-6,9-10H,7-8,11H2,1-2H3,(H,21,24). The Morgan fingerprint density at radius 1 is 1.15 bits per heavy atom. The Morgan fingerprint density at radius 3 is 2.56 bits per heavy atom. The average Bonchev–Trinajstić information content (AvgIpc) is 2.65. The van der Waals surface area contributed by atoms with E-state index in [0.717, 1.165) is 0 Å². The maximum absolute atomic E-state index is 12.4. The lowest BCUT2D eigenvalue weighted by atomic mass is 10.2. The molecule has 27 heavy (non-hydrogen) atoms. The molecule has 1 heterocycles. The monoisotopic (exact) mass is 390 g/mol. The molecule has 0 saturated heterocycles. The van der Waals surface area contributed by atoms with Crippen LogP contribution in [0.15, 0.2) is 36.4 Å². The summed E-state index contributed by atoms with van der Waals surface area (Å²) < 4.78 is 16.1. The van der Waals surface area contributed by atoms with Crippen molar-refractivity contribution in [2.75, 3.05) is 37.1 Å². The summed E-state index contributed by atoms with van der Waals surface area (Å²) in [5.74, 6) is 1.05. The zero-order valence-corrected chi connectivity index (χ0v) is 15.7. The molecule has 7 nitrogen and oxygen atoms in total. The van der Waals surface area contributed by atoms with Crippen LogP contribution >= 0.6 is 11.6 Å². The van der Waals surface area contributed by atoms with Crippen molar-refractivity contribution in [3.63, 3.8) is 0 Å². The lowest BCUT2D eigenvalue weighted by molar-refractivity contribution is -0.120. The number of methoxy groups -OCH3 is 1. The predicted octanol–water partition coefficient (Wildman–Crippen LogP) is 3.11. The number of carbonyl (C=O) groups excluding carboxylic acids is 2. The summed E-state index contributed by atoms with van der Waals surface area (Å²) in [5.41, 5.74) is 1.06. The van der Waals surface area contributed by atoms with E-state index in [-0.39, 0.29) is 18.4 Å². The number of nitrogens with zero attached hydrogens (tertiary/aromatic N) is 1. The highest BCUT2D eigenvalue weighted by molar-refractivity contribution is 6.32. The Morgan fingerprint density at radius 2 is 1.89 bits per heavy atom. The summed E-state index contributed by atoms with van der Waals surface area (Å²) in [5, 5.41) is 3.10. The van der Waals surface area contributed by atoms with E-state index >= 15 is 0 Å². The molecule has 2 aromatic rings. The van der Waals surface area contributed by atoms with Crippen molar-refractivity contribution < 1.29 is 23.8 Å². The predicted molar refractivity (Wildman–Crippen MR) is 102 cm³/mol. The molecule has 0 aliphatic carbocycles. The number of halogens is 1. The quantitative estimate of drug-likeness (QED) is 0.848. The molecule has 0 unspecified atom stereocenters. The van der Waals surface area contributed by atoms with Crippen molar-refractivity contribution in [1.82, 2.24) is 0 Å². The number of hydrogen-bond acceptors (Lipinski definition) is 5. The Bertz CT molecular complexity index is 871. The highest BCUT2D eigenvalue weighted by atomic mass is 35.5. The van der Waals surface area contributed by atoms with E-state index in [2.05, 4.69) is 5.32 Å². The molecule has 142 valence electrons. The zero-order chi connectivity index (χ0) is 19.4. The minimum absolute atomic E-state index is 0.154. The Kier molecular flexibility index (Phi) is 5.71. The van der Waals surface area contributed by atoms with Gasteiger partial charge in [-0.3, -0.25) is 9.59 Å². The lowest BCUT2D eigenvalue weighted by Crippen LogP contribution is -2.36. The molecular formula is C19H19ClN2O5. The molecule has 0 bridgehead atoms. The van der Waals surface area contributed by atoms with Crippen LogP contribution in [0.4, 0.5) is 11.4 Å². The highest BCUT2D eigenvalue weighted by Gasteiger charge is 2.20. The number of nitrogens with one attached hydrogen (secondary N) is 1. The molecule has 0 radical (unpaired) electrons. The van der Waals surface area contributed by atoms with Gasteiger partial charge in [-0.05, 0) is 30.3 Å². The number of hydrogen-bond donors (Lipinski definition) is 1. The molecule has 3 rings (SSSR count). The Hall–Kier alpha value is -2.93. The summed E-state index contributed by atoms with van der Waals surface area (Å²) in [6.07, 6.45) is 0. The molecule has 0 fully saturated rings. The first-order chi connectivity index (χ1) is 13.0. The van der Waals surface area contributed by atoms with E-state index in [4.69, 9.17) is 25.8 Å². The second kappa shape index (κ2) is 8.18. The van der Waals surface area contributed by atoms with Crippen LogP contribution in [0.2, 0.25) is 5.02 Å². The normalized spacial score (nSPS) is 12.3. The van der Waals surface area contributed by atoms with Gasteiger partial charge in [-0.15, -0.1) is 0 Å². The van der Waals surface area contributed by atoms with E-state index in [1.54, 1.807) is 36.4 Å². The fraction of sp³-hybridized carbons (Fsp3) is 0.263. The highest BCUT2D eigenvalue weighted by Crippen LogP contribution is 2.34. The largest absolute Gasteiger partial charge is 0.495 e. The summed E-state index contributed by atoms with van der Waals surface area (Å²) in [4.78, 5) is 25.9. The van der Waals surface area contributed by atoms with E-state index in [1.807, 2.05) is 0 Å². The van der Waals surface area contributed by atoms with E-state index in [0.29, 0.717) is 46.9 Å². The van der Waals surface area contributed by atoms with Crippen molar-refractivity contribution in [2.45, 2.75) is 6.92 Å². The third-order valence-corrected chi connectivity index (χ3v) is 4.25. The van der Waals surface area contributed by atoms with Gasteiger partial charge in [-0.1, -0.05) is 11.6 Å². The van der Waals surface area contributed by atoms with Crippen molar-refractivity contribution in [1.29, 1.82) is 0 Å². The first-order valence-corrected chi connectivity index (χ1v) is 8.67. The van der Waals surface area contributed by atoms with Crippen molar-refractivity contribution >= 4 is 34.8 Å². The smallest absolute Gasteiger partial charge is 0.244 e. The molecular weight excluding hydrogens is 372 g/mol. The number of benzene rings is 2. The second-order valence-corrected chi connectivity index (χ2v) is 6.24. The van der Waals surface area contributed by atoms with E-state index in [1.165, 1.54) is 18.9 Å². The third kappa shape index (κ3) is 4.43. The van der Waals surface area contributed by atoms with Crippen molar-refractivity contribution in [2.24, 2.45) is 0 Å². The summed E-state index contributed by atoms with van der Waals surface area (Å²) in [6, 6.07) is 10.0. The molecule has 2 aromatic carbocycles. The van der Waals surface area contributed by atoms with Crippen LogP contribution in [0.1, 0.15) is 6.92 Å². The van der Waals surface area contributed by atoms with Gasteiger partial charge < -0.3 is 24.4 Å². The van der Waals surface area contributed by atoms with E-state index < -0.39 is 0 Å². The minimum atomic E-state index is -0.360. The number of carbonyl (C=O) groups is 2. The number of fused-ring (bicyclic) bond motifs is 1. The fourth-order valence-corrected chi connectivity index (χ4v) is 2.93. The molecule has 0 saturated carbocycles. The van der Waals surface area contributed by atoms with Crippen molar-refractivity contribution in [3.8, 4) is 17.2 Å². The molecule has 0 atom stereocenters. The molecule has 1 aliphatic heterocycles. The molecule has 2 amide bonds. The lowest BCUT2D eigenvalue weighted by Gasteiger charge is -2.24. The minimum Gasteiger partial charge on any atom is -0.495 e. The van der Waals surface area contributed by atoms with Crippen molar-refractivity contribution in [3.05, 3.63) is 41.4 Å². The van der Waals surface area contributed by atoms with Crippen LogP contribution in [0.3, 0.4) is 0 Å². The number of amides is 2. The van der Waals surface area contributed by atoms with Gasteiger partial charge >= 0.3 is 0 Å². The topological polar surface area (TPSA) is 77.1 Å². The van der Waals surface area contributed by atoms with Crippen LogP contribution < -0.4 is 24.4 Å². The van der Waals surface area contributed by atoms with Gasteiger partial charge in [0.1, 0.15) is 25.5 Å². The van der Waals surface area contributed by atoms with Crippen LogP contribution in [0.5, 0.6) is 17.2 Å². The fourth-order valence-electron chi connectivity index (χ4n) is 2.67. The van der Waals surface area contributed by atoms with Gasteiger partial charge in [0, 0.05) is 24.4 Å². The Balaban J connectivity index is 1.73. The Labute approximate surface area is 161 Å². The van der Waals surface area contributed by atoms with Crippen LogP contribution in [-0.2, 0) is 9.59 Å². The van der Waals surface area contributed by atoms with Crippen LogP contribution in [0.25, 0.3) is 0 Å². The van der Waals surface area contributed by atoms with Crippen LogP contribution in [-0.4, -0.2) is 38.7 Å². The summed E-state index contributed by atoms with van der Waals surface area (Å²) in [7, 11) is 1.51. The second-order valence-electron chi connectivity index (χ2n) is 5.83. The van der Waals surface area contributed by atoms with Gasteiger partial charge in [0.15, 0.2) is 11.5 Å². The van der Waals surface area contributed by atoms with E-state index in [9.17, 15) is 9.59 Å². The maximum atomic E-state index is 12.4. The van der Waals surface area contributed by atoms with Gasteiger partial charge in [-0.25, -0.2) is 0 Å². The van der Waals surface area contributed by atoms with Gasteiger partial charge in [0.25, 0.3) is 0 Å². The first kappa shape index (κ1) is 18.8.